The first kappa shape index (κ1) is 9.56. The molecule has 0 fully saturated rings. The number of hydrogen-bond acceptors (Lipinski definition) is 1. The molecular weight excluding hydrogens is 172 g/mol. The standard InChI is InChI=1S/C10H13ClO/c11-8-10(12)7-6-9-4-2-1-3-5-9/h1-5,10,12H,6-8H2/t10-/m0/s1. The lowest BCUT2D eigenvalue weighted by Gasteiger charge is -2.05. The quantitative estimate of drug-likeness (QED) is 0.712. The zero-order valence-corrected chi connectivity index (χ0v) is 7.67. The summed E-state index contributed by atoms with van der Waals surface area (Å²) in [5.41, 5.74) is 1.25. The summed E-state index contributed by atoms with van der Waals surface area (Å²) in [6.07, 6.45) is 1.27. The average molecular weight is 185 g/mol. The van der Waals surface area contributed by atoms with Gasteiger partial charge >= 0.3 is 0 Å². The minimum absolute atomic E-state index is 0.326. The Labute approximate surface area is 78.0 Å². The maximum atomic E-state index is 9.19. The summed E-state index contributed by atoms with van der Waals surface area (Å²) in [5, 5.41) is 9.19. The van der Waals surface area contributed by atoms with Crippen LogP contribution in [0.1, 0.15) is 12.0 Å². The van der Waals surface area contributed by atoms with E-state index in [1.54, 1.807) is 0 Å². The average Bonchev–Trinajstić information content (AvgIpc) is 2.16. The van der Waals surface area contributed by atoms with Crippen molar-refractivity contribution in [2.75, 3.05) is 5.88 Å². The molecule has 0 bridgehead atoms. The smallest absolute Gasteiger partial charge is 0.0678 e. The summed E-state index contributed by atoms with van der Waals surface area (Å²) < 4.78 is 0. The highest BCUT2D eigenvalue weighted by Gasteiger charge is 2.01. The van der Waals surface area contributed by atoms with Crippen LogP contribution in [0.2, 0.25) is 0 Å². The van der Waals surface area contributed by atoms with Gasteiger partial charge in [-0.05, 0) is 18.4 Å². The Morgan fingerprint density at radius 2 is 1.92 bits per heavy atom. The van der Waals surface area contributed by atoms with E-state index in [1.165, 1.54) is 5.56 Å². The topological polar surface area (TPSA) is 20.2 Å². The Morgan fingerprint density at radius 3 is 2.50 bits per heavy atom. The van der Waals surface area contributed by atoms with Crippen LogP contribution in [0.3, 0.4) is 0 Å². The normalized spacial score (nSPS) is 12.8. The minimum atomic E-state index is -0.369. The molecule has 1 aromatic rings. The number of hydrogen-bond donors (Lipinski definition) is 1. The SMILES string of the molecule is O[C@H](CCl)CCc1ccccc1. The fraction of sp³-hybridized carbons (Fsp3) is 0.400. The number of aliphatic hydroxyl groups is 1. The second-order valence-corrected chi connectivity index (χ2v) is 3.14. The van der Waals surface area contributed by atoms with Crippen molar-refractivity contribution in [2.24, 2.45) is 0 Å². The highest BCUT2D eigenvalue weighted by Crippen LogP contribution is 2.05. The first-order valence-corrected chi connectivity index (χ1v) is 4.64. The molecule has 0 unspecified atom stereocenters. The molecule has 0 saturated heterocycles. The molecule has 1 nitrogen and oxygen atoms in total. The monoisotopic (exact) mass is 184 g/mol. The van der Waals surface area contributed by atoms with Crippen LogP contribution in [0.5, 0.6) is 0 Å². The Balaban J connectivity index is 2.33. The molecule has 1 N–H and O–H groups in total. The van der Waals surface area contributed by atoms with Crippen LogP contribution in [0.25, 0.3) is 0 Å². The van der Waals surface area contributed by atoms with E-state index in [2.05, 4.69) is 12.1 Å². The maximum absolute atomic E-state index is 9.19. The lowest BCUT2D eigenvalue weighted by atomic mass is 10.1. The van der Waals surface area contributed by atoms with Crippen LogP contribution < -0.4 is 0 Å². The summed E-state index contributed by atoms with van der Waals surface area (Å²) in [7, 11) is 0. The highest BCUT2D eigenvalue weighted by atomic mass is 35.5. The third-order valence-electron chi connectivity index (χ3n) is 1.79. The number of alkyl halides is 1. The Morgan fingerprint density at radius 1 is 1.25 bits per heavy atom. The number of rotatable bonds is 4. The fourth-order valence-electron chi connectivity index (χ4n) is 1.06. The molecule has 0 saturated carbocycles. The Bertz CT molecular complexity index is 210. The van der Waals surface area contributed by atoms with Gasteiger partial charge in [0.15, 0.2) is 0 Å². The van der Waals surface area contributed by atoms with Gasteiger partial charge in [0.05, 0.1) is 6.10 Å². The lowest BCUT2D eigenvalue weighted by Crippen LogP contribution is -2.08. The van der Waals surface area contributed by atoms with E-state index in [0.717, 1.165) is 12.8 Å². The van der Waals surface area contributed by atoms with Gasteiger partial charge in [0.25, 0.3) is 0 Å². The molecule has 0 amide bonds. The van der Waals surface area contributed by atoms with Crippen LogP contribution in [-0.2, 0) is 6.42 Å². The molecule has 0 aliphatic heterocycles. The van der Waals surface area contributed by atoms with Crippen molar-refractivity contribution in [3.8, 4) is 0 Å². The first-order chi connectivity index (χ1) is 5.83. The largest absolute Gasteiger partial charge is 0.392 e. The second kappa shape index (κ2) is 5.18. The fourth-order valence-corrected chi connectivity index (χ4v) is 1.21. The molecule has 1 rings (SSSR count). The van der Waals surface area contributed by atoms with Gasteiger partial charge in [0.2, 0.25) is 0 Å². The van der Waals surface area contributed by atoms with Crippen LogP contribution in [-0.4, -0.2) is 17.1 Å². The summed E-state index contributed by atoms with van der Waals surface area (Å²) in [6, 6.07) is 10.1. The number of aryl methyl sites for hydroxylation is 1. The lowest BCUT2D eigenvalue weighted by molar-refractivity contribution is 0.188. The van der Waals surface area contributed by atoms with E-state index >= 15 is 0 Å². The van der Waals surface area contributed by atoms with E-state index in [-0.39, 0.29) is 6.10 Å². The van der Waals surface area contributed by atoms with Gasteiger partial charge in [0.1, 0.15) is 0 Å². The highest BCUT2D eigenvalue weighted by molar-refractivity contribution is 6.18. The van der Waals surface area contributed by atoms with Gasteiger partial charge in [-0.1, -0.05) is 30.3 Å². The predicted octanol–water partition coefficient (Wildman–Crippen LogP) is 2.22. The summed E-state index contributed by atoms with van der Waals surface area (Å²) >= 11 is 5.47. The van der Waals surface area contributed by atoms with Gasteiger partial charge in [-0.25, -0.2) is 0 Å². The van der Waals surface area contributed by atoms with E-state index in [9.17, 15) is 5.11 Å². The summed E-state index contributed by atoms with van der Waals surface area (Å²) in [6.45, 7) is 0. The van der Waals surface area contributed by atoms with Crippen molar-refractivity contribution in [3.63, 3.8) is 0 Å². The molecule has 0 spiro atoms. The molecule has 2 heteroatoms. The van der Waals surface area contributed by atoms with Crippen molar-refractivity contribution >= 4 is 11.6 Å². The van der Waals surface area contributed by atoms with E-state index in [0.29, 0.717) is 5.88 Å². The molecule has 0 radical (unpaired) electrons. The number of halogens is 1. The molecule has 12 heavy (non-hydrogen) atoms. The molecule has 66 valence electrons. The van der Waals surface area contributed by atoms with Crippen LogP contribution in [0.4, 0.5) is 0 Å². The van der Waals surface area contributed by atoms with Crippen molar-refractivity contribution in [1.82, 2.24) is 0 Å². The summed E-state index contributed by atoms with van der Waals surface area (Å²) in [5.74, 6) is 0.326. The van der Waals surface area contributed by atoms with Gasteiger partial charge in [-0.15, -0.1) is 11.6 Å². The molecule has 0 aliphatic carbocycles. The molecule has 1 atom stereocenters. The van der Waals surface area contributed by atoms with E-state index in [4.69, 9.17) is 11.6 Å². The van der Waals surface area contributed by atoms with Crippen molar-refractivity contribution in [2.45, 2.75) is 18.9 Å². The van der Waals surface area contributed by atoms with Gasteiger partial charge in [-0.3, -0.25) is 0 Å². The van der Waals surface area contributed by atoms with Gasteiger partial charge in [0, 0.05) is 5.88 Å². The molecule has 0 aromatic heterocycles. The molecule has 0 heterocycles. The predicted molar refractivity (Wildman–Crippen MR) is 51.5 cm³/mol. The van der Waals surface area contributed by atoms with Crippen molar-refractivity contribution < 1.29 is 5.11 Å². The maximum Gasteiger partial charge on any atom is 0.0678 e. The third-order valence-corrected chi connectivity index (χ3v) is 2.14. The zero-order valence-electron chi connectivity index (χ0n) is 6.91. The molecule has 0 aliphatic rings. The van der Waals surface area contributed by atoms with Crippen LogP contribution in [0, 0.1) is 0 Å². The van der Waals surface area contributed by atoms with Gasteiger partial charge < -0.3 is 5.11 Å². The van der Waals surface area contributed by atoms with E-state index < -0.39 is 0 Å². The minimum Gasteiger partial charge on any atom is -0.392 e. The zero-order chi connectivity index (χ0) is 8.81. The third kappa shape index (κ3) is 3.24. The molecule has 1 aromatic carbocycles. The summed E-state index contributed by atoms with van der Waals surface area (Å²) in [4.78, 5) is 0. The van der Waals surface area contributed by atoms with Gasteiger partial charge in [-0.2, -0.15) is 0 Å². The van der Waals surface area contributed by atoms with E-state index in [1.807, 2.05) is 18.2 Å². The van der Waals surface area contributed by atoms with Crippen molar-refractivity contribution in [3.05, 3.63) is 35.9 Å². The number of benzene rings is 1. The van der Waals surface area contributed by atoms with Crippen LogP contribution in [0.15, 0.2) is 30.3 Å². The number of aliphatic hydroxyl groups excluding tert-OH is 1. The second-order valence-electron chi connectivity index (χ2n) is 2.83. The van der Waals surface area contributed by atoms with Crippen molar-refractivity contribution in [1.29, 1.82) is 0 Å². The first-order valence-electron chi connectivity index (χ1n) is 4.11. The van der Waals surface area contributed by atoms with Crippen LogP contribution >= 0.6 is 11.6 Å². The Hall–Kier alpha value is -0.530. The Kier molecular flexibility index (Phi) is 4.12. The molecular formula is C10H13ClO.